The van der Waals surface area contributed by atoms with Crippen molar-refractivity contribution in [1.82, 2.24) is 4.98 Å². The molecule has 0 aliphatic carbocycles. The molecule has 0 aromatic carbocycles. The summed E-state index contributed by atoms with van der Waals surface area (Å²) in [5.74, 6) is 2.28. The number of aromatic nitrogens is 1. The maximum Gasteiger partial charge on any atom is 0.192 e. The molecule has 1 aromatic rings. The first kappa shape index (κ1) is 14.7. The van der Waals surface area contributed by atoms with Gasteiger partial charge in [-0.05, 0) is 29.7 Å². The van der Waals surface area contributed by atoms with E-state index >= 15 is 0 Å². The number of nitrogens with zero attached hydrogens (tertiary/aromatic N) is 1. The molecule has 106 valence electrons. The van der Waals surface area contributed by atoms with E-state index in [4.69, 9.17) is 0 Å². The van der Waals surface area contributed by atoms with E-state index in [1.165, 1.54) is 18.4 Å². The van der Waals surface area contributed by atoms with Gasteiger partial charge in [-0.1, -0.05) is 13.8 Å². The van der Waals surface area contributed by atoms with Gasteiger partial charge in [-0.3, -0.25) is 0 Å². The van der Waals surface area contributed by atoms with Crippen LogP contribution in [0.25, 0.3) is 0 Å². The quantitative estimate of drug-likeness (QED) is 0.929. The van der Waals surface area contributed by atoms with Gasteiger partial charge < -0.3 is 5.32 Å². The maximum atomic E-state index is 11.4. The zero-order valence-corrected chi connectivity index (χ0v) is 13.1. The number of anilines is 1. The van der Waals surface area contributed by atoms with Gasteiger partial charge in [0.05, 0.1) is 11.9 Å². The smallest absolute Gasteiger partial charge is 0.192 e. The minimum Gasteiger partial charge on any atom is -0.380 e. The Morgan fingerprint density at radius 1 is 1.42 bits per heavy atom. The third-order valence-corrected chi connectivity index (χ3v) is 5.64. The third-order valence-electron chi connectivity index (χ3n) is 3.58. The lowest BCUT2D eigenvalue weighted by atomic mass is 9.82. The third kappa shape index (κ3) is 3.63. The van der Waals surface area contributed by atoms with Crippen LogP contribution in [0.3, 0.4) is 0 Å². The summed E-state index contributed by atoms with van der Waals surface area (Å²) in [6.07, 6.45) is 3.96. The monoisotopic (exact) mass is 300 g/mol. The van der Waals surface area contributed by atoms with Gasteiger partial charge in [0.15, 0.2) is 14.9 Å². The van der Waals surface area contributed by atoms with Crippen molar-refractivity contribution in [3.8, 4) is 0 Å². The van der Waals surface area contributed by atoms with Crippen LogP contribution in [-0.2, 0) is 9.84 Å². The molecule has 0 amide bonds. The molecule has 1 aliphatic rings. The number of pyridine rings is 1. The largest absolute Gasteiger partial charge is 0.380 e. The van der Waals surface area contributed by atoms with Crippen molar-refractivity contribution >= 4 is 27.3 Å². The Hall–Kier alpha value is -0.750. The fraction of sp³-hybridized carbons (Fsp3) is 0.615. The first-order chi connectivity index (χ1) is 8.79. The Balaban J connectivity index is 2.11. The number of hydrogen-bond donors (Lipinski definition) is 1. The fourth-order valence-corrected chi connectivity index (χ4v) is 4.23. The van der Waals surface area contributed by atoms with Gasteiger partial charge >= 0.3 is 0 Å². The molecule has 0 bridgehead atoms. The van der Waals surface area contributed by atoms with Crippen LogP contribution in [-0.4, -0.2) is 37.2 Å². The summed E-state index contributed by atoms with van der Waals surface area (Å²) in [7, 11) is -3.22. The summed E-state index contributed by atoms with van der Waals surface area (Å²) in [4.78, 5) is 4.01. The van der Waals surface area contributed by atoms with Crippen molar-refractivity contribution < 1.29 is 8.42 Å². The Morgan fingerprint density at radius 2 is 2.16 bits per heavy atom. The van der Waals surface area contributed by atoms with Crippen LogP contribution in [0.15, 0.2) is 23.4 Å². The predicted molar refractivity (Wildman–Crippen MR) is 80.5 cm³/mol. The lowest BCUT2D eigenvalue weighted by molar-refractivity contribution is 0.305. The first-order valence-electron chi connectivity index (χ1n) is 6.29. The SMILES string of the molecule is CC1(C)CCSCC1Nc1ccc(S(C)(=O)=O)nc1. The molecule has 1 N–H and O–H groups in total. The van der Waals surface area contributed by atoms with Gasteiger partial charge in [-0.25, -0.2) is 13.4 Å². The van der Waals surface area contributed by atoms with Gasteiger partial charge in [0.25, 0.3) is 0 Å². The summed E-state index contributed by atoms with van der Waals surface area (Å²) >= 11 is 1.95. The molecule has 1 unspecified atom stereocenters. The van der Waals surface area contributed by atoms with Crippen molar-refractivity contribution in [1.29, 1.82) is 0 Å². The average molecular weight is 300 g/mol. The first-order valence-corrected chi connectivity index (χ1v) is 9.34. The van der Waals surface area contributed by atoms with Crippen LogP contribution in [0.5, 0.6) is 0 Å². The molecule has 1 aromatic heterocycles. The van der Waals surface area contributed by atoms with E-state index in [2.05, 4.69) is 24.1 Å². The van der Waals surface area contributed by atoms with Crippen molar-refractivity contribution in [3.63, 3.8) is 0 Å². The summed E-state index contributed by atoms with van der Waals surface area (Å²) in [5, 5.41) is 3.59. The van der Waals surface area contributed by atoms with Gasteiger partial charge in [-0.15, -0.1) is 0 Å². The van der Waals surface area contributed by atoms with Crippen LogP contribution < -0.4 is 5.32 Å². The molecular formula is C13H20N2O2S2. The molecule has 6 heteroatoms. The minimum absolute atomic E-state index is 0.121. The normalized spacial score (nSPS) is 23.0. The van der Waals surface area contributed by atoms with E-state index < -0.39 is 9.84 Å². The molecule has 2 heterocycles. The Labute approximate surface area is 119 Å². The Morgan fingerprint density at radius 3 is 2.68 bits per heavy atom. The van der Waals surface area contributed by atoms with E-state index in [0.29, 0.717) is 6.04 Å². The van der Waals surface area contributed by atoms with Crippen LogP contribution in [0.2, 0.25) is 0 Å². The number of thioether (sulfide) groups is 1. The van der Waals surface area contributed by atoms with E-state index in [9.17, 15) is 8.42 Å². The number of hydrogen-bond acceptors (Lipinski definition) is 5. The summed E-state index contributed by atoms with van der Waals surface area (Å²) < 4.78 is 22.7. The number of rotatable bonds is 3. The zero-order valence-electron chi connectivity index (χ0n) is 11.5. The van der Waals surface area contributed by atoms with Crippen LogP contribution in [0.1, 0.15) is 20.3 Å². The molecule has 19 heavy (non-hydrogen) atoms. The van der Waals surface area contributed by atoms with Crippen LogP contribution in [0.4, 0.5) is 5.69 Å². The molecule has 0 spiro atoms. The molecular weight excluding hydrogens is 280 g/mol. The summed E-state index contributed by atoms with van der Waals surface area (Å²) in [6.45, 7) is 4.53. The highest BCUT2D eigenvalue weighted by Crippen LogP contribution is 2.35. The molecule has 2 rings (SSSR count). The van der Waals surface area contributed by atoms with E-state index in [0.717, 1.165) is 11.4 Å². The molecule has 1 atom stereocenters. The summed E-state index contributed by atoms with van der Waals surface area (Å²) in [6, 6.07) is 3.73. The maximum absolute atomic E-state index is 11.4. The highest BCUT2D eigenvalue weighted by atomic mass is 32.2. The highest BCUT2D eigenvalue weighted by Gasteiger charge is 2.32. The molecule has 4 nitrogen and oxygen atoms in total. The van der Waals surface area contributed by atoms with Crippen molar-refractivity contribution in [2.45, 2.75) is 31.3 Å². The summed E-state index contributed by atoms with van der Waals surface area (Å²) in [5.41, 5.74) is 1.13. The van der Waals surface area contributed by atoms with Gasteiger partial charge in [-0.2, -0.15) is 11.8 Å². The second kappa shape index (κ2) is 5.32. The highest BCUT2D eigenvalue weighted by molar-refractivity contribution is 7.99. The van der Waals surface area contributed by atoms with E-state index in [1.54, 1.807) is 18.3 Å². The van der Waals surface area contributed by atoms with Crippen molar-refractivity contribution in [2.75, 3.05) is 23.1 Å². The Bertz CT molecular complexity index is 538. The lowest BCUT2D eigenvalue weighted by Gasteiger charge is -2.39. The average Bonchev–Trinajstić information content (AvgIpc) is 2.31. The van der Waals surface area contributed by atoms with Crippen LogP contribution in [0, 0.1) is 5.41 Å². The van der Waals surface area contributed by atoms with Crippen molar-refractivity contribution in [3.05, 3.63) is 18.3 Å². The molecule has 0 saturated carbocycles. The standard InChI is InChI=1S/C13H20N2O2S2/c1-13(2)6-7-18-9-11(13)15-10-4-5-12(14-8-10)19(3,16)17/h4-5,8,11,15H,6-7,9H2,1-3H3. The second-order valence-corrected chi connectivity index (χ2v) is 8.78. The number of sulfone groups is 1. The van der Waals surface area contributed by atoms with Crippen LogP contribution >= 0.6 is 11.8 Å². The van der Waals surface area contributed by atoms with Gasteiger partial charge in [0.2, 0.25) is 0 Å². The second-order valence-electron chi connectivity index (χ2n) is 5.67. The van der Waals surface area contributed by atoms with E-state index in [-0.39, 0.29) is 10.4 Å². The molecule has 1 fully saturated rings. The zero-order chi connectivity index (χ0) is 14.1. The molecule has 0 radical (unpaired) electrons. The molecule has 1 aliphatic heterocycles. The topological polar surface area (TPSA) is 59.1 Å². The minimum atomic E-state index is -3.22. The molecule has 1 saturated heterocycles. The van der Waals surface area contributed by atoms with E-state index in [1.807, 2.05) is 11.8 Å². The number of nitrogens with one attached hydrogen (secondary N) is 1. The van der Waals surface area contributed by atoms with Gasteiger partial charge in [0, 0.05) is 18.1 Å². The lowest BCUT2D eigenvalue weighted by Crippen LogP contribution is -2.41. The fourth-order valence-electron chi connectivity index (χ4n) is 2.06. The Kier molecular flexibility index (Phi) is 4.11. The van der Waals surface area contributed by atoms with Gasteiger partial charge in [0.1, 0.15) is 0 Å². The predicted octanol–water partition coefficient (Wildman–Crippen LogP) is 2.43. The van der Waals surface area contributed by atoms with Crippen molar-refractivity contribution in [2.24, 2.45) is 5.41 Å².